The maximum atomic E-state index is 5.83. The van der Waals surface area contributed by atoms with Crippen LogP contribution < -0.4 is 5.73 Å². The van der Waals surface area contributed by atoms with Gasteiger partial charge >= 0.3 is 0 Å². The molecule has 0 aliphatic heterocycles. The summed E-state index contributed by atoms with van der Waals surface area (Å²) in [6.45, 7) is 2.08. The molecule has 0 saturated heterocycles. The van der Waals surface area contributed by atoms with Gasteiger partial charge < -0.3 is 10.3 Å². The van der Waals surface area contributed by atoms with Gasteiger partial charge in [-0.3, -0.25) is 0 Å². The van der Waals surface area contributed by atoms with Gasteiger partial charge in [0, 0.05) is 23.8 Å². The zero-order chi connectivity index (χ0) is 8.72. The predicted octanol–water partition coefficient (Wildman–Crippen LogP) is 2.07. The lowest BCUT2D eigenvalue weighted by Crippen LogP contribution is -1.89. The minimum absolute atomic E-state index is 0.858. The standard InChI is InChI=1S/C10H12N2/c1-7-6-8-9(11)4-3-5-10(8)12(7)2/h3-6H,11H2,1-2H3. The van der Waals surface area contributed by atoms with Crippen LogP contribution in [0.4, 0.5) is 5.69 Å². The Bertz CT molecular complexity index is 427. The summed E-state index contributed by atoms with van der Waals surface area (Å²) in [7, 11) is 2.05. The summed E-state index contributed by atoms with van der Waals surface area (Å²) < 4.78 is 2.14. The Morgan fingerprint density at radius 3 is 2.75 bits per heavy atom. The highest BCUT2D eigenvalue weighted by atomic mass is 14.9. The van der Waals surface area contributed by atoms with Crippen molar-refractivity contribution in [3.05, 3.63) is 30.0 Å². The number of nitrogens with zero attached hydrogens (tertiary/aromatic N) is 1. The number of aryl methyl sites for hydroxylation is 2. The topological polar surface area (TPSA) is 30.9 Å². The number of aromatic nitrogens is 1. The Balaban J connectivity index is 2.95. The Labute approximate surface area is 71.6 Å². The molecule has 1 heterocycles. The molecule has 2 rings (SSSR count). The van der Waals surface area contributed by atoms with Crippen LogP contribution in [0.2, 0.25) is 0 Å². The third-order valence-electron chi connectivity index (χ3n) is 2.36. The first-order chi connectivity index (χ1) is 5.70. The molecule has 0 aliphatic rings. The van der Waals surface area contributed by atoms with Crippen molar-refractivity contribution in [2.75, 3.05) is 5.73 Å². The third-order valence-corrected chi connectivity index (χ3v) is 2.36. The molecule has 2 nitrogen and oxygen atoms in total. The van der Waals surface area contributed by atoms with E-state index in [0.29, 0.717) is 0 Å². The fraction of sp³-hybridized carbons (Fsp3) is 0.200. The molecule has 0 saturated carbocycles. The first-order valence-electron chi connectivity index (χ1n) is 4.00. The van der Waals surface area contributed by atoms with Gasteiger partial charge in [-0.15, -0.1) is 0 Å². The van der Waals surface area contributed by atoms with E-state index in [1.807, 2.05) is 12.1 Å². The van der Waals surface area contributed by atoms with E-state index in [2.05, 4.69) is 30.7 Å². The number of hydrogen-bond donors (Lipinski definition) is 1. The normalized spacial score (nSPS) is 10.8. The molecular formula is C10H12N2. The van der Waals surface area contributed by atoms with Gasteiger partial charge in [0.25, 0.3) is 0 Å². The molecule has 0 bridgehead atoms. The van der Waals surface area contributed by atoms with Crippen LogP contribution in [-0.2, 0) is 7.05 Å². The quantitative estimate of drug-likeness (QED) is 0.587. The lowest BCUT2D eigenvalue weighted by Gasteiger charge is -1.98. The monoisotopic (exact) mass is 160 g/mol. The van der Waals surface area contributed by atoms with E-state index >= 15 is 0 Å². The smallest absolute Gasteiger partial charge is 0.0500 e. The van der Waals surface area contributed by atoms with Crippen LogP contribution in [0.15, 0.2) is 24.3 Å². The van der Waals surface area contributed by atoms with E-state index in [1.54, 1.807) is 0 Å². The molecule has 12 heavy (non-hydrogen) atoms. The van der Waals surface area contributed by atoms with E-state index in [-0.39, 0.29) is 0 Å². The summed E-state index contributed by atoms with van der Waals surface area (Å²) in [6.07, 6.45) is 0. The van der Waals surface area contributed by atoms with E-state index in [4.69, 9.17) is 5.73 Å². The lowest BCUT2D eigenvalue weighted by molar-refractivity contribution is 0.918. The Hall–Kier alpha value is -1.44. The maximum Gasteiger partial charge on any atom is 0.0500 e. The van der Waals surface area contributed by atoms with Crippen LogP contribution >= 0.6 is 0 Å². The van der Waals surface area contributed by atoms with E-state index in [1.165, 1.54) is 11.2 Å². The molecule has 0 fully saturated rings. The molecule has 2 aromatic rings. The second-order valence-corrected chi connectivity index (χ2v) is 3.12. The number of fused-ring (bicyclic) bond motifs is 1. The predicted molar refractivity (Wildman–Crippen MR) is 52.1 cm³/mol. The highest BCUT2D eigenvalue weighted by molar-refractivity contribution is 5.91. The number of rotatable bonds is 0. The Kier molecular flexibility index (Phi) is 1.37. The molecular weight excluding hydrogens is 148 g/mol. The molecule has 0 unspecified atom stereocenters. The van der Waals surface area contributed by atoms with Gasteiger partial charge in [-0.05, 0) is 25.1 Å². The van der Waals surface area contributed by atoms with Crippen molar-refractivity contribution in [2.45, 2.75) is 6.92 Å². The van der Waals surface area contributed by atoms with Gasteiger partial charge in [0.1, 0.15) is 0 Å². The van der Waals surface area contributed by atoms with E-state index < -0.39 is 0 Å². The van der Waals surface area contributed by atoms with Gasteiger partial charge in [-0.1, -0.05) is 6.07 Å². The molecule has 1 aromatic heterocycles. The van der Waals surface area contributed by atoms with Crippen molar-refractivity contribution in [1.29, 1.82) is 0 Å². The molecule has 2 heteroatoms. The number of nitrogens with two attached hydrogens (primary N) is 1. The summed E-state index contributed by atoms with van der Waals surface area (Å²) in [5, 5.41) is 1.15. The highest BCUT2D eigenvalue weighted by Gasteiger charge is 2.02. The summed E-state index contributed by atoms with van der Waals surface area (Å²) in [5.41, 5.74) is 9.12. The summed E-state index contributed by atoms with van der Waals surface area (Å²) in [5.74, 6) is 0. The molecule has 62 valence electrons. The van der Waals surface area contributed by atoms with Crippen LogP contribution in [0.25, 0.3) is 10.9 Å². The molecule has 0 atom stereocenters. The Morgan fingerprint density at radius 2 is 2.08 bits per heavy atom. The van der Waals surface area contributed by atoms with Crippen molar-refractivity contribution in [2.24, 2.45) is 7.05 Å². The van der Waals surface area contributed by atoms with Gasteiger partial charge in [0.05, 0.1) is 5.52 Å². The highest BCUT2D eigenvalue weighted by Crippen LogP contribution is 2.23. The molecule has 0 radical (unpaired) electrons. The van der Waals surface area contributed by atoms with Crippen molar-refractivity contribution < 1.29 is 0 Å². The first-order valence-corrected chi connectivity index (χ1v) is 4.00. The number of anilines is 1. The fourth-order valence-corrected chi connectivity index (χ4v) is 1.52. The Morgan fingerprint density at radius 1 is 1.33 bits per heavy atom. The molecule has 0 spiro atoms. The van der Waals surface area contributed by atoms with Gasteiger partial charge in [0.15, 0.2) is 0 Å². The summed E-state index contributed by atoms with van der Waals surface area (Å²) in [4.78, 5) is 0. The SMILES string of the molecule is Cc1cc2c(N)cccc2n1C. The van der Waals surface area contributed by atoms with E-state index in [9.17, 15) is 0 Å². The number of nitrogen functional groups attached to an aromatic ring is 1. The van der Waals surface area contributed by atoms with Crippen LogP contribution in [0, 0.1) is 6.92 Å². The van der Waals surface area contributed by atoms with Crippen molar-refractivity contribution in [3.8, 4) is 0 Å². The van der Waals surface area contributed by atoms with E-state index in [0.717, 1.165) is 11.1 Å². The average Bonchev–Trinajstić information content (AvgIpc) is 2.32. The van der Waals surface area contributed by atoms with Crippen molar-refractivity contribution in [3.63, 3.8) is 0 Å². The van der Waals surface area contributed by atoms with Crippen molar-refractivity contribution >= 4 is 16.6 Å². The third kappa shape index (κ3) is 0.811. The largest absolute Gasteiger partial charge is 0.398 e. The zero-order valence-electron chi connectivity index (χ0n) is 7.33. The molecule has 2 N–H and O–H groups in total. The lowest BCUT2D eigenvalue weighted by atomic mass is 10.2. The minimum Gasteiger partial charge on any atom is -0.398 e. The number of benzene rings is 1. The molecule has 0 aliphatic carbocycles. The van der Waals surface area contributed by atoms with Crippen LogP contribution in [0.5, 0.6) is 0 Å². The second-order valence-electron chi connectivity index (χ2n) is 3.12. The van der Waals surface area contributed by atoms with Gasteiger partial charge in [-0.2, -0.15) is 0 Å². The van der Waals surface area contributed by atoms with Gasteiger partial charge in [-0.25, -0.2) is 0 Å². The minimum atomic E-state index is 0.858. The number of hydrogen-bond acceptors (Lipinski definition) is 1. The van der Waals surface area contributed by atoms with Crippen molar-refractivity contribution in [1.82, 2.24) is 4.57 Å². The maximum absolute atomic E-state index is 5.83. The van der Waals surface area contributed by atoms with Crippen LogP contribution in [0.1, 0.15) is 5.69 Å². The second kappa shape index (κ2) is 2.27. The molecule has 0 amide bonds. The average molecular weight is 160 g/mol. The first kappa shape index (κ1) is 7.22. The molecule has 1 aromatic carbocycles. The fourth-order valence-electron chi connectivity index (χ4n) is 1.52. The summed E-state index contributed by atoms with van der Waals surface area (Å²) >= 11 is 0. The van der Waals surface area contributed by atoms with Crippen LogP contribution in [-0.4, -0.2) is 4.57 Å². The van der Waals surface area contributed by atoms with Crippen LogP contribution in [0.3, 0.4) is 0 Å². The summed E-state index contributed by atoms with van der Waals surface area (Å²) in [6, 6.07) is 8.11. The van der Waals surface area contributed by atoms with Gasteiger partial charge in [0.2, 0.25) is 0 Å². The zero-order valence-corrected chi connectivity index (χ0v) is 7.33.